The highest BCUT2D eigenvalue weighted by Gasteiger charge is 2.33. The molecule has 0 saturated heterocycles. The van der Waals surface area contributed by atoms with Crippen LogP contribution in [0.5, 0.6) is 0 Å². The molecule has 2 rings (SSSR count). The van der Waals surface area contributed by atoms with Crippen LogP contribution in [0.25, 0.3) is 0 Å². The number of carbonyl (C=O) groups is 2. The maximum atomic E-state index is 11.8. The van der Waals surface area contributed by atoms with Gasteiger partial charge >= 0.3 is 0 Å². The molecular formula is C12H12O2. The van der Waals surface area contributed by atoms with Crippen LogP contribution in [0.15, 0.2) is 18.2 Å². The van der Waals surface area contributed by atoms with Crippen LogP contribution in [0.4, 0.5) is 0 Å². The number of rotatable bonds is 1. The Hall–Kier alpha value is -1.44. The maximum absolute atomic E-state index is 11.8. The van der Waals surface area contributed by atoms with Crippen LogP contribution in [0.3, 0.4) is 0 Å². The number of hydrogen-bond acceptors (Lipinski definition) is 2. The van der Waals surface area contributed by atoms with Crippen molar-refractivity contribution in [1.82, 2.24) is 0 Å². The van der Waals surface area contributed by atoms with E-state index in [0.29, 0.717) is 5.56 Å². The third-order valence-corrected chi connectivity index (χ3v) is 3.13. The fourth-order valence-corrected chi connectivity index (χ4v) is 2.00. The quantitative estimate of drug-likeness (QED) is 0.634. The number of aldehydes is 1. The van der Waals surface area contributed by atoms with Gasteiger partial charge in [-0.1, -0.05) is 26.0 Å². The van der Waals surface area contributed by atoms with Gasteiger partial charge in [0.15, 0.2) is 5.78 Å². The monoisotopic (exact) mass is 188 g/mol. The summed E-state index contributed by atoms with van der Waals surface area (Å²) in [7, 11) is 0. The number of benzene rings is 1. The van der Waals surface area contributed by atoms with Crippen molar-refractivity contribution in [3.05, 3.63) is 34.9 Å². The summed E-state index contributed by atoms with van der Waals surface area (Å²) < 4.78 is 0. The molecule has 0 amide bonds. The van der Waals surface area contributed by atoms with Crippen LogP contribution >= 0.6 is 0 Å². The molecule has 1 aliphatic carbocycles. The van der Waals surface area contributed by atoms with Gasteiger partial charge in [-0.2, -0.15) is 0 Å². The molecule has 2 unspecified atom stereocenters. The van der Waals surface area contributed by atoms with Crippen molar-refractivity contribution < 1.29 is 9.59 Å². The molecule has 0 bridgehead atoms. The van der Waals surface area contributed by atoms with Crippen molar-refractivity contribution in [1.29, 1.82) is 0 Å². The first kappa shape index (κ1) is 9.13. The molecule has 1 aromatic carbocycles. The SMILES string of the molecule is CC1C(=O)c2cc(C=O)ccc2C1C. The Labute approximate surface area is 82.9 Å². The van der Waals surface area contributed by atoms with Gasteiger partial charge in [0.05, 0.1) is 0 Å². The lowest BCUT2D eigenvalue weighted by atomic mass is 9.96. The second kappa shape index (κ2) is 3.05. The van der Waals surface area contributed by atoms with Crippen molar-refractivity contribution in [2.45, 2.75) is 19.8 Å². The van der Waals surface area contributed by atoms with Gasteiger partial charge in [-0.3, -0.25) is 9.59 Å². The summed E-state index contributed by atoms with van der Waals surface area (Å²) in [4.78, 5) is 22.3. The maximum Gasteiger partial charge on any atom is 0.166 e. The average molecular weight is 188 g/mol. The van der Waals surface area contributed by atoms with Gasteiger partial charge in [-0.15, -0.1) is 0 Å². The van der Waals surface area contributed by atoms with Crippen LogP contribution in [-0.2, 0) is 0 Å². The van der Waals surface area contributed by atoms with Crippen LogP contribution < -0.4 is 0 Å². The lowest BCUT2D eigenvalue weighted by Crippen LogP contribution is -2.06. The zero-order valence-electron chi connectivity index (χ0n) is 8.28. The van der Waals surface area contributed by atoms with E-state index in [9.17, 15) is 9.59 Å². The van der Waals surface area contributed by atoms with Gasteiger partial charge in [0.25, 0.3) is 0 Å². The molecule has 2 atom stereocenters. The number of hydrogen-bond donors (Lipinski definition) is 0. The summed E-state index contributed by atoms with van der Waals surface area (Å²) in [6, 6.07) is 5.36. The van der Waals surface area contributed by atoms with E-state index in [1.807, 2.05) is 13.0 Å². The highest BCUT2D eigenvalue weighted by molar-refractivity contribution is 6.03. The molecule has 0 aliphatic heterocycles. The lowest BCUT2D eigenvalue weighted by molar-refractivity contribution is 0.0937. The molecule has 0 saturated carbocycles. The van der Waals surface area contributed by atoms with Crippen molar-refractivity contribution >= 4 is 12.1 Å². The Morgan fingerprint density at radius 3 is 2.57 bits per heavy atom. The molecule has 72 valence electrons. The van der Waals surface area contributed by atoms with Gasteiger partial charge in [-0.25, -0.2) is 0 Å². The van der Waals surface area contributed by atoms with Gasteiger partial charge in [-0.05, 0) is 17.5 Å². The van der Waals surface area contributed by atoms with Crippen molar-refractivity contribution in [2.75, 3.05) is 0 Å². The number of carbonyl (C=O) groups excluding carboxylic acids is 2. The first-order chi connectivity index (χ1) is 6.65. The minimum atomic E-state index is 0.0481. The molecule has 1 aromatic rings. The molecule has 2 heteroatoms. The summed E-state index contributed by atoms with van der Waals surface area (Å²) in [5, 5.41) is 0. The predicted molar refractivity (Wildman–Crippen MR) is 53.7 cm³/mol. The van der Waals surface area contributed by atoms with Crippen molar-refractivity contribution in [3.63, 3.8) is 0 Å². The van der Waals surface area contributed by atoms with Crippen molar-refractivity contribution in [2.24, 2.45) is 5.92 Å². The third kappa shape index (κ3) is 1.10. The second-order valence-corrected chi connectivity index (χ2v) is 3.91. The molecule has 0 spiro atoms. The average Bonchev–Trinajstić information content (AvgIpc) is 2.44. The zero-order chi connectivity index (χ0) is 10.3. The second-order valence-electron chi connectivity index (χ2n) is 3.91. The summed E-state index contributed by atoms with van der Waals surface area (Å²) >= 11 is 0. The van der Waals surface area contributed by atoms with Gasteiger partial charge in [0, 0.05) is 17.0 Å². The Morgan fingerprint density at radius 2 is 1.93 bits per heavy atom. The van der Waals surface area contributed by atoms with E-state index in [1.165, 1.54) is 0 Å². The standard InChI is InChI=1S/C12H12O2/c1-7-8(2)12(14)11-5-9(6-13)3-4-10(7)11/h3-8H,1-2H3. The summed E-state index contributed by atoms with van der Waals surface area (Å²) in [6.07, 6.45) is 0.779. The van der Waals surface area contributed by atoms with E-state index in [0.717, 1.165) is 17.4 Å². The Balaban J connectivity index is 2.58. The Kier molecular flexibility index (Phi) is 1.99. The normalized spacial score (nSPS) is 24.9. The number of Topliss-reactive ketones (excluding diaryl/α,β-unsaturated/α-hetero) is 1. The topological polar surface area (TPSA) is 34.1 Å². The number of fused-ring (bicyclic) bond motifs is 1. The van der Waals surface area contributed by atoms with E-state index in [1.54, 1.807) is 12.1 Å². The molecule has 0 N–H and O–H groups in total. The fourth-order valence-electron chi connectivity index (χ4n) is 2.00. The van der Waals surface area contributed by atoms with Gasteiger partial charge in [0.1, 0.15) is 6.29 Å². The molecular weight excluding hydrogens is 176 g/mol. The van der Waals surface area contributed by atoms with Crippen molar-refractivity contribution in [3.8, 4) is 0 Å². The van der Waals surface area contributed by atoms with Gasteiger partial charge < -0.3 is 0 Å². The van der Waals surface area contributed by atoms with E-state index in [2.05, 4.69) is 6.92 Å². The first-order valence-corrected chi connectivity index (χ1v) is 4.78. The minimum absolute atomic E-state index is 0.0481. The molecule has 2 nitrogen and oxygen atoms in total. The van der Waals surface area contributed by atoms with Crippen LogP contribution in [-0.4, -0.2) is 12.1 Å². The van der Waals surface area contributed by atoms with E-state index in [4.69, 9.17) is 0 Å². The molecule has 0 radical (unpaired) electrons. The summed E-state index contributed by atoms with van der Waals surface area (Å²) in [5.74, 6) is 0.487. The van der Waals surface area contributed by atoms with E-state index >= 15 is 0 Å². The molecule has 0 heterocycles. The molecule has 0 aromatic heterocycles. The Bertz CT molecular complexity index is 407. The van der Waals surface area contributed by atoms with Crippen LogP contribution in [0.1, 0.15) is 46.0 Å². The smallest absolute Gasteiger partial charge is 0.166 e. The zero-order valence-corrected chi connectivity index (χ0v) is 8.28. The molecule has 14 heavy (non-hydrogen) atoms. The molecule has 1 aliphatic rings. The summed E-state index contributed by atoms with van der Waals surface area (Å²) in [6.45, 7) is 3.99. The van der Waals surface area contributed by atoms with Gasteiger partial charge in [0.2, 0.25) is 0 Å². The highest BCUT2D eigenvalue weighted by atomic mass is 16.1. The summed E-state index contributed by atoms with van der Waals surface area (Å²) in [5.41, 5.74) is 2.39. The minimum Gasteiger partial charge on any atom is -0.298 e. The van der Waals surface area contributed by atoms with E-state index < -0.39 is 0 Å². The Morgan fingerprint density at radius 1 is 1.21 bits per heavy atom. The van der Waals surface area contributed by atoms with Crippen LogP contribution in [0, 0.1) is 5.92 Å². The number of ketones is 1. The lowest BCUT2D eigenvalue weighted by Gasteiger charge is -2.07. The highest BCUT2D eigenvalue weighted by Crippen LogP contribution is 2.37. The largest absolute Gasteiger partial charge is 0.298 e. The molecule has 0 fully saturated rings. The third-order valence-electron chi connectivity index (χ3n) is 3.13. The van der Waals surface area contributed by atoms with E-state index in [-0.39, 0.29) is 17.6 Å². The fraction of sp³-hybridized carbons (Fsp3) is 0.333. The van der Waals surface area contributed by atoms with Crippen LogP contribution in [0.2, 0.25) is 0 Å². The predicted octanol–water partition coefficient (Wildman–Crippen LogP) is 2.44. The first-order valence-electron chi connectivity index (χ1n) is 4.78.